The number of ether oxygens (including phenoxy) is 1. The van der Waals surface area contributed by atoms with Crippen molar-refractivity contribution in [1.82, 2.24) is 9.78 Å². The average molecular weight is 279 g/mol. The zero-order valence-electron chi connectivity index (χ0n) is 11.6. The van der Waals surface area contributed by atoms with Crippen LogP contribution in [-0.2, 0) is 6.54 Å². The van der Waals surface area contributed by atoms with Crippen molar-refractivity contribution in [3.8, 4) is 16.9 Å². The fourth-order valence-corrected chi connectivity index (χ4v) is 2.20. The van der Waals surface area contributed by atoms with Crippen molar-refractivity contribution in [2.24, 2.45) is 0 Å². The Morgan fingerprint density at radius 3 is 2.52 bits per heavy atom. The van der Waals surface area contributed by atoms with Crippen LogP contribution in [0.2, 0.25) is 0 Å². The Kier molecular flexibility index (Phi) is 3.87. The van der Waals surface area contributed by atoms with Crippen LogP contribution in [0.5, 0.6) is 5.75 Å². The molecule has 0 saturated carbocycles. The first kappa shape index (κ1) is 13.2. The van der Waals surface area contributed by atoms with Crippen LogP contribution in [0.1, 0.15) is 0 Å². The normalized spacial score (nSPS) is 10.5. The summed E-state index contributed by atoms with van der Waals surface area (Å²) in [5, 5.41) is 4.14. The Bertz CT molecular complexity index is 707. The molecule has 3 rings (SSSR count). The topological polar surface area (TPSA) is 53.1 Å². The van der Waals surface area contributed by atoms with E-state index in [4.69, 9.17) is 10.5 Å². The van der Waals surface area contributed by atoms with Crippen molar-refractivity contribution >= 4 is 5.69 Å². The highest BCUT2D eigenvalue weighted by molar-refractivity contribution is 5.70. The summed E-state index contributed by atoms with van der Waals surface area (Å²) in [5.41, 5.74) is 8.55. The van der Waals surface area contributed by atoms with Crippen LogP contribution in [0.4, 0.5) is 5.69 Å². The third kappa shape index (κ3) is 3.23. The van der Waals surface area contributed by atoms with Crippen LogP contribution < -0.4 is 10.5 Å². The van der Waals surface area contributed by atoms with Crippen molar-refractivity contribution in [1.29, 1.82) is 0 Å². The van der Waals surface area contributed by atoms with Gasteiger partial charge in [-0.2, -0.15) is 5.10 Å². The van der Waals surface area contributed by atoms with Gasteiger partial charge in [0, 0.05) is 11.8 Å². The van der Waals surface area contributed by atoms with E-state index in [0.717, 1.165) is 16.9 Å². The molecule has 1 aromatic heterocycles. The highest BCUT2D eigenvalue weighted by Crippen LogP contribution is 2.29. The van der Waals surface area contributed by atoms with E-state index in [1.807, 2.05) is 36.4 Å². The van der Waals surface area contributed by atoms with Crippen molar-refractivity contribution in [3.05, 3.63) is 67.0 Å². The van der Waals surface area contributed by atoms with Gasteiger partial charge in [0.1, 0.15) is 12.4 Å². The molecule has 2 N–H and O–H groups in total. The Hall–Kier alpha value is -2.75. The summed E-state index contributed by atoms with van der Waals surface area (Å²) < 4.78 is 7.68. The Labute approximate surface area is 123 Å². The zero-order chi connectivity index (χ0) is 14.5. The third-order valence-corrected chi connectivity index (χ3v) is 3.20. The number of nitrogens with zero attached hydrogens (tertiary/aromatic N) is 2. The van der Waals surface area contributed by atoms with E-state index < -0.39 is 0 Å². The molecule has 3 aromatic rings. The van der Waals surface area contributed by atoms with Gasteiger partial charge in [-0.15, -0.1) is 0 Å². The maximum Gasteiger partial charge on any atom is 0.127 e. The highest BCUT2D eigenvalue weighted by Gasteiger charge is 2.05. The van der Waals surface area contributed by atoms with Crippen LogP contribution in [0, 0.1) is 0 Å². The Morgan fingerprint density at radius 2 is 1.76 bits per heavy atom. The van der Waals surface area contributed by atoms with Gasteiger partial charge < -0.3 is 10.5 Å². The molecule has 4 heteroatoms. The molecule has 0 saturated heterocycles. The number of hydrogen-bond donors (Lipinski definition) is 1. The summed E-state index contributed by atoms with van der Waals surface area (Å²) in [6, 6.07) is 18.3. The lowest BCUT2D eigenvalue weighted by molar-refractivity contribution is 0.292. The molecular weight excluding hydrogens is 262 g/mol. The number of aromatic nitrogens is 2. The fourth-order valence-electron chi connectivity index (χ4n) is 2.20. The van der Waals surface area contributed by atoms with Gasteiger partial charge in [0.15, 0.2) is 0 Å². The molecule has 0 bridgehead atoms. The standard InChI is InChI=1S/C17H17N3O/c18-15-12-19-20(13-15)10-11-21-17-9-5-4-8-16(17)14-6-2-1-3-7-14/h1-9,12-13H,10-11,18H2. The monoisotopic (exact) mass is 279 g/mol. The number of hydrogen-bond acceptors (Lipinski definition) is 3. The summed E-state index contributed by atoms with van der Waals surface area (Å²) in [4.78, 5) is 0. The molecule has 106 valence electrons. The average Bonchev–Trinajstić information content (AvgIpc) is 2.94. The predicted octanol–water partition coefficient (Wildman–Crippen LogP) is 3.21. The molecule has 0 aliphatic carbocycles. The first-order valence-corrected chi connectivity index (χ1v) is 6.88. The van der Waals surface area contributed by atoms with Crippen LogP contribution in [0.3, 0.4) is 0 Å². The molecule has 0 fully saturated rings. The van der Waals surface area contributed by atoms with Crippen LogP contribution in [0.25, 0.3) is 11.1 Å². The molecule has 0 atom stereocenters. The van der Waals surface area contributed by atoms with Crippen molar-refractivity contribution < 1.29 is 4.74 Å². The molecular formula is C17H17N3O. The molecule has 0 unspecified atom stereocenters. The van der Waals surface area contributed by atoms with E-state index in [-0.39, 0.29) is 0 Å². The van der Waals surface area contributed by atoms with Crippen molar-refractivity contribution in [2.75, 3.05) is 12.3 Å². The first-order chi connectivity index (χ1) is 10.3. The van der Waals surface area contributed by atoms with Crippen molar-refractivity contribution in [3.63, 3.8) is 0 Å². The highest BCUT2D eigenvalue weighted by atomic mass is 16.5. The second kappa shape index (κ2) is 6.13. The predicted molar refractivity (Wildman–Crippen MR) is 84.0 cm³/mol. The number of benzene rings is 2. The smallest absolute Gasteiger partial charge is 0.127 e. The maximum absolute atomic E-state index is 5.90. The Morgan fingerprint density at radius 1 is 1.00 bits per heavy atom. The van der Waals surface area contributed by atoms with Gasteiger partial charge in [-0.25, -0.2) is 0 Å². The van der Waals surface area contributed by atoms with Gasteiger partial charge >= 0.3 is 0 Å². The number of nitrogen functional groups attached to an aromatic ring is 1. The summed E-state index contributed by atoms with van der Waals surface area (Å²) >= 11 is 0. The summed E-state index contributed by atoms with van der Waals surface area (Å²) in [6.07, 6.45) is 3.43. The number of para-hydroxylation sites is 1. The van der Waals surface area contributed by atoms with Gasteiger partial charge in [0.25, 0.3) is 0 Å². The van der Waals surface area contributed by atoms with E-state index in [2.05, 4.69) is 23.3 Å². The van der Waals surface area contributed by atoms with Crippen molar-refractivity contribution in [2.45, 2.75) is 6.54 Å². The van der Waals surface area contributed by atoms with Gasteiger partial charge in [0.05, 0.1) is 18.4 Å². The molecule has 21 heavy (non-hydrogen) atoms. The summed E-state index contributed by atoms with van der Waals surface area (Å²) in [7, 11) is 0. The minimum Gasteiger partial charge on any atom is -0.491 e. The molecule has 0 aliphatic heterocycles. The molecule has 0 amide bonds. The number of rotatable bonds is 5. The van der Waals surface area contributed by atoms with Gasteiger partial charge in [-0.1, -0.05) is 48.5 Å². The fraction of sp³-hybridized carbons (Fsp3) is 0.118. The Balaban J connectivity index is 1.71. The molecule has 0 spiro atoms. The quantitative estimate of drug-likeness (QED) is 0.780. The number of nitrogens with two attached hydrogens (primary N) is 1. The summed E-state index contributed by atoms with van der Waals surface area (Å²) in [5.74, 6) is 0.879. The maximum atomic E-state index is 5.90. The van der Waals surface area contributed by atoms with Gasteiger partial charge in [-0.05, 0) is 11.6 Å². The minimum atomic E-state index is 0.547. The third-order valence-electron chi connectivity index (χ3n) is 3.20. The van der Waals surface area contributed by atoms with E-state index >= 15 is 0 Å². The molecule has 4 nitrogen and oxygen atoms in total. The van der Waals surface area contributed by atoms with E-state index in [9.17, 15) is 0 Å². The van der Waals surface area contributed by atoms with Crippen LogP contribution in [0.15, 0.2) is 67.0 Å². The van der Waals surface area contributed by atoms with E-state index in [1.54, 1.807) is 17.1 Å². The lowest BCUT2D eigenvalue weighted by atomic mass is 10.1. The van der Waals surface area contributed by atoms with Crippen LogP contribution in [-0.4, -0.2) is 16.4 Å². The first-order valence-electron chi connectivity index (χ1n) is 6.88. The van der Waals surface area contributed by atoms with Crippen LogP contribution >= 0.6 is 0 Å². The SMILES string of the molecule is Nc1cnn(CCOc2ccccc2-c2ccccc2)c1. The van der Waals surface area contributed by atoms with E-state index in [1.165, 1.54) is 0 Å². The van der Waals surface area contributed by atoms with E-state index in [0.29, 0.717) is 18.8 Å². The van der Waals surface area contributed by atoms with Gasteiger partial charge in [-0.3, -0.25) is 4.68 Å². The zero-order valence-corrected chi connectivity index (χ0v) is 11.6. The molecule has 1 heterocycles. The van der Waals surface area contributed by atoms with Gasteiger partial charge in [0.2, 0.25) is 0 Å². The molecule has 0 aliphatic rings. The lowest BCUT2D eigenvalue weighted by Crippen LogP contribution is -2.08. The molecule has 0 radical (unpaired) electrons. The largest absolute Gasteiger partial charge is 0.491 e. The second-order valence-corrected chi connectivity index (χ2v) is 4.75. The number of anilines is 1. The lowest BCUT2D eigenvalue weighted by Gasteiger charge is -2.11. The summed E-state index contributed by atoms with van der Waals surface area (Å²) in [6.45, 7) is 1.21. The minimum absolute atomic E-state index is 0.547. The second-order valence-electron chi connectivity index (χ2n) is 4.75. The molecule has 2 aromatic carbocycles.